The van der Waals surface area contributed by atoms with Crippen LogP contribution in [-0.4, -0.2) is 25.2 Å². The summed E-state index contributed by atoms with van der Waals surface area (Å²) in [6.45, 7) is 3.66. The van der Waals surface area contributed by atoms with Crippen molar-refractivity contribution in [3.8, 4) is 17.6 Å². The monoisotopic (exact) mass is 292 g/mol. The van der Waals surface area contributed by atoms with Gasteiger partial charge in [0.25, 0.3) is 0 Å². The van der Waals surface area contributed by atoms with Crippen LogP contribution in [0.2, 0.25) is 0 Å². The van der Waals surface area contributed by atoms with E-state index >= 15 is 0 Å². The van der Waals surface area contributed by atoms with Crippen LogP contribution in [0.4, 0.5) is 0 Å². The molecule has 0 amide bonds. The van der Waals surface area contributed by atoms with E-state index in [1.165, 1.54) is 6.42 Å². The minimum Gasteiger partial charge on any atom is -0.493 e. The fourth-order valence-electron chi connectivity index (χ4n) is 2.27. The van der Waals surface area contributed by atoms with Crippen LogP contribution >= 0.6 is 11.6 Å². The highest BCUT2D eigenvalue weighted by molar-refractivity contribution is 6.18. The molecule has 1 aromatic carbocycles. The van der Waals surface area contributed by atoms with E-state index in [1.54, 1.807) is 0 Å². The van der Waals surface area contributed by atoms with Gasteiger partial charge in [0.05, 0.1) is 12.7 Å². The molecule has 3 heteroatoms. The second kappa shape index (κ2) is 8.19. The standard InChI is InChI=1S/C17H21ClO2/c1-14-13-15(5-2-3-10-18)7-8-17(14)20-12-9-16-6-4-11-19-16/h7-8,13,16H,3-4,6,9-12H2,1H3. The molecular formula is C17H21ClO2. The van der Waals surface area contributed by atoms with Gasteiger partial charge in [-0.3, -0.25) is 0 Å². The highest BCUT2D eigenvalue weighted by Crippen LogP contribution is 2.20. The lowest BCUT2D eigenvalue weighted by Crippen LogP contribution is -2.11. The Morgan fingerprint density at radius 3 is 3.05 bits per heavy atom. The van der Waals surface area contributed by atoms with E-state index in [0.29, 0.717) is 18.6 Å². The molecule has 2 nitrogen and oxygen atoms in total. The molecule has 0 saturated carbocycles. The molecule has 1 aliphatic heterocycles. The normalized spacial score (nSPS) is 17.6. The maximum atomic E-state index is 5.83. The van der Waals surface area contributed by atoms with Gasteiger partial charge in [-0.05, 0) is 43.5 Å². The van der Waals surface area contributed by atoms with Gasteiger partial charge in [0, 0.05) is 30.9 Å². The second-order valence-electron chi connectivity index (χ2n) is 4.99. The smallest absolute Gasteiger partial charge is 0.122 e. The number of halogens is 1. The molecule has 1 unspecified atom stereocenters. The fourth-order valence-corrected chi connectivity index (χ4v) is 2.37. The molecule has 0 N–H and O–H groups in total. The fraction of sp³-hybridized carbons (Fsp3) is 0.529. The Morgan fingerprint density at radius 1 is 1.45 bits per heavy atom. The van der Waals surface area contributed by atoms with E-state index in [0.717, 1.165) is 42.7 Å². The second-order valence-corrected chi connectivity index (χ2v) is 5.37. The molecule has 2 rings (SSSR count). The molecule has 108 valence electrons. The Bertz CT molecular complexity index is 481. The van der Waals surface area contributed by atoms with Crippen LogP contribution in [-0.2, 0) is 4.74 Å². The van der Waals surface area contributed by atoms with Gasteiger partial charge >= 0.3 is 0 Å². The van der Waals surface area contributed by atoms with Gasteiger partial charge in [-0.25, -0.2) is 0 Å². The Hall–Kier alpha value is -1.17. The van der Waals surface area contributed by atoms with Crippen molar-refractivity contribution in [2.24, 2.45) is 0 Å². The van der Waals surface area contributed by atoms with E-state index in [9.17, 15) is 0 Å². The van der Waals surface area contributed by atoms with Crippen molar-refractivity contribution in [3.63, 3.8) is 0 Å². The van der Waals surface area contributed by atoms with Gasteiger partial charge in [-0.15, -0.1) is 11.6 Å². The lowest BCUT2D eigenvalue weighted by Gasteiger charge is -2.12. The van der Waals surface area contributed by atoms with Crippen molar-refractivity contribution in [1.82, 2.24) is 0 Å². The molecule has 1 fully saturated rings. The summed E-state index contributed by atoms with van der Waals surface area (Å²) >= 11 is 5.60. The summed E-state index contributed by atoms with van der Waals surface area (Å²) in [7, 11) is 0. The van der Waals surface area contributed by atoms with E-state index in [-0.39, 0.29) is 0 Å². The Labute approximate surface area is 126 Å². The molecule has 0 radical (unpaired) electrons. The summed E-state index contributed by atoms with van der Waals surface area (Å²) in [5.41, 5.74) is 2.13. The molecule has 0 bridgehead atoms. The van der Waals surface area contributed by atoms with Crippen molar-refractivity contribution < 1.29 is 9.47 Å². The number of hydrogen-bond acceptors (Lipinski definition) is 2. The quantitative estimate of drug-likeness (QED) is 0.605. The molecule has 1 aromatic rings. The van der Waals surface area contributed by atoms with Crippen molar-refractivity contribution >= 4 is 11.6 Å². The Kier molecular flexibility index (Phi) is 6.24. The van der Waals surface area contributed by atoms with Crippen molar-refractivity contribution in [2.75, 3.05) is 19.1 Å². The lowest BCUT2D eigenvalue weighted by atomic mass is 10.1. The molecule has 1 heterocycles. The van der Waals surface area contributed by atoms with Gasteiger partial charge in [0.15, 0.2) is 0 Å². The average Bonchev–Trinajstić information content (AvgIpc) is 2.95. The summed E-state index contributed by atoms with van der Waals surface area (Å²) in [6, 6.07) is 6.05. The summed E-state index contributed by atoms with van der Waals surface area (Å²) in [4.78, 5) is 0. The SMILES string of the molecule is Cc1cc(C#CCCCl)ccc1OCCC1CCCO1. The largest absolute Gasteiger partial charge is 0.493 e. The van der Waals surface area contributed by atoms with Gasteiger partial charge in [0.2, 0.25) is 0 Å². The number of alkyl halides is 1. The zero-order valence-corrected chi connectivity index (χ0v) is 12.7. The maximum absolute atomic E-state index is 5.83. The number of ether oxygens (including phenoxy) is 2. The minimum atomic E-state index is 0.385. The first-order chi connectivity index (χ1) is 9.79. The number of rotatable bonds is 5. The predicted octanol–water partition coefficient (Wildman–Crippen LogP) is 3.92. The highest BCUT2D eigenvalue weighted by atomic mass is 35.5. The van der Waals surface area contributed by atoms with Crippen LogP contribution in [0, 0.1) is 18.8 Å². The molecule has 1 aliphatic rings. The molecule has 0 aliphatic carbocycles. The lowest BCUT2D eigenvalue weighted by molar-refractivity contribution is 0.0902. The van der Waals surface area contributed by atoms with E-state index < -0.39 is 0 Å². The number of hydrogen-bond donors (Lipinski definition) is 0. The van der Waals surface area contributed by atoms with Crippen molar-refractivity contribution in [2.45, 2.75) is 38.7 Å². The number of benzene rings is 1. The zero-order valence-electron chi connectivity index (χ0n) is 12.0. The highest BCUT2D eigenvalue weighted by Gasteiger charge is 2.15. The minimum absolute atomic E-state index is 0.385. The Morgan fingerprint density at radius 2 is 2.35 bits per heavy atom. The third kappa shape index (κ3) is 4.74. The van der Waals surface area contributed by atoms with Crippen molar-refractivity contribution in [3.05, 3.63) is 29.3 Å². The van der Waals surface area contributed by atoms with Gasteiger partial charge in [-0.2, -0.15) is 0 Å². The van der Waals surface area contributed by atoms with Crippen molar-refractivity contribution in [1.29, 1.82) is 0 Å². The molecule has 0 aromatic heterocycles. The van der Waals surface area contributed by atoms with Crippen LogP contribution in [0.5, 0.6) is 5.75 Å². The van der Waals surface area contributed by atoms with E-state index in [2.05, 4.69) is 17.9 Å². The first-order valence-corrected chi connectivity index (χ1v) is 7.73. The van der Waals surface area contributed by atoms with Crippen LogP contribution in [0.15, 0.2) is 18.2 Å². The maximum Gasteiger partial charge on any atom is 0.122 e. The summed E-state index contributed by atoms with van der Waals surface area (Å²) < 4.78 is 11.4. The molecule has 0 spiro atoms. The van der Waals surface area contributed by atoms with Gasteiger partial charge < -0.3 is 9.47 Å². The topological polar surface area (TPSA) is 18.5 Å². The van der Waals surface area contributed by atoms with Crippen LogP contribution < -0.4 is 4.74 Å². The summed E-state index contributed by atoms with van der Waals surface area (Å²) in [5, 5.41) is 0. The van der Waals surface area contributed by atoms with Crippen LogP contribution in [0.25, 0.3) is 0 Å². The Balaban J connectivity index is 1.84. The molecule has 1 atom stereocenters. The molecule has 20 heavy (non-hydrogen) atoms. The summed E-state index contributed by atoms with van der Waals surface area (Å²) in [6.07, 6.45) is 4.42. The zero-order chi connectivity index (χ0) is 14.2. The average molecular weight is 293 g/mol. The number of aryl methyl sites for hydroxylation is 1. The van der Waals surface area contributed by atoms with Crippen LogP contribution in [0.1, 0.15) is 36.8 Å². The van der Waals surface area contributed by atoms with Gasteiger partial charge in [0.1, 0.15) is 5.75 Å². The third-order valence-electron chi connectivity index (χ3n) is 3.35. The molecule has 1 saturated heterocycles. The molecular weight excluding hydrogens is 272 g/mol. The van der Waals surface area contributed by atoms with E-state index in [1.807, 2.05) is 19.1 Å². The third-order valence-corrected chi connectivity index (χ3v) is 3.54. The van der Waals surface area contributed by atoms with E-state index in [4.69, 9.17) is 21.1 Å². The first kappa shape index (κ1) is 15.2. The van der Waals surface area contributed by atoms with Crippen LogP contribution in [0.3, 0.4) is 0 Å². The summed E-state index contributed by atoms with van der Waals surface area (Å²) in [5.74, 6) is 7.66. The first-order valence-electron chi connectivity index (χ1n) is 7.19. The predicted molar refractivity (Wildman–Crippen MR) is 82.5 cm³/mol. The van der Waals surface area contributed by atoms with Gasteiger partial charge in [-0.1, -0.05) is 11.8 Å².